The Bertz CT molecular complexity index is 1170. The molecule has 0 spiro atoms. The molecular formula is C26H29N5O3S. The van der Waals surface area contributed by atoms with Gasteiger partial charge in [0.05, 0.1) is 18.6 Å². The summed E-state index contributed by atoms with van der Waals surface area (Å²) < 4.78 is 7.47. The maximum absolute atomic E-state index is 12.7. The van der Waals surface area contributed by atoms with Gasteiger partial charge in [0, 0.05) is 5.54 Å². The maximum Gasteiger partial charge on any atom is 0.321 e. The van der Waals surface area contributed by atoms with Crippen molar-refractivity contribution in [2.45, 2.75) is 55.8 Å². The molecule has 2 N–H and O–H groups in total. The Hall–Kier alpha value is -3.07. The second kappa shape index (κ2) is 9.18. The van der Waals surface area contributed by atoms with Crippen LogP contribution in [0.5, 0.6) is 0 Å². The van der Waals surface area contributed by atoms with Crippen LogP contribution in [0.15, 0.2) is 58.3 Å². The van der Waals surface area contributed by atoms with E-state index in [9.17, 15) is 9.59 Å². The van der Waals surface area contributed by atoms with Gasteiger partial charge in [-0.3, -0.25) is 14.7 Å². The van der Waals surface area contributed by atoms with Crippen LogP contribution in [-0.2, 0) is 11.3 Å². The van der Waals surface area contributed by atoms with Crippen molar-refractivity contribution in [3.05, 3.63) is 54.3 Å². The monoisotopic (exact) mass is 491 g/mol. The molecule has 35 heavy (non-hydrogen) atoms. The summed E-state index contributed by atoms with van der Waals surface area (Å²) in [5.74, 6) is 3.12. The number of hydrogen-bond acceptors (Lipinski definition) is 6. The highest BCUT2D eigenvalue weighted by molar-refractivity contribution is 7.99. The molecule has 4 fully saturated rings. The number of hydrogen-bond donors (Lipinski definition) is 2. The van der Waals surface area contributed by atoms with Crippen LogP contribution in [0, 0.1) is 17.8 Å². The lowest BCUT2D eigenvalue weighted by atomic mass is 9.53. The van der Waals surface area contributed by atoms with Crippen molar-refractivity contribution in [3.8, 4) is 11.6 Å². The first-order chi connectivity index (χ1) is 17.1. The zero-order valence-corrected chi connectivity index (χ0v) is 20.3. The van der Waals surface area contributed by atoms with Gasteiger partial charge in [-0.25, -0.2) is 4.79 Å². The van der Waals surface area contributed by atoms with E-state index in [1.165, 1.54) is 31.0 Å². The van der Waals surface area contributed by atoms with E-state index in [4.69, 9.17) is 4.42 Å². The fourth-order valence-corrected chi connectivity index (χ4v) is 7.46. The van der Waals surface area contributed by atoms with Crippen molar-refractivity contribution in [3.63, 3.8) is 0 Å². The van der Waals surface area contributed by atoms with Crippen LogP contribution < -0.4 is 10.6 Å². The Morgan fingerprint density at radius 1 is 1.00 bits per heavy atom. The Morgan fingerprint density at radius 3 is 2.37 bits per heavy atom. The standard InChI is InChI=1S/C26H29N5O3S/c32-22(27-24(33)28-26-12-18-9-19(13-26)11-20(10-18)14-26)16-35-25-30-29-23(21-7-4-8-34-21)31(25)15-17-5-2-1-3-6-17/h1-8,18-20H,9-16H2,(H2,27,28,32,33). The number of carbonyl (C=O) groups excluding carboxylic acids is 2. The van der Waals surface area contributed by atoms with Gasteiger partial charge in [0.15, 0.2) is 10.9 Å². The molecule has 2 aromatic heterocycles. The van der Waals surface area contributed by atoms with Gasteiger partial charge in [0.25, 0.3) is 0 Å². The summed E-state index contributed by atoms with van der Waals surface area (Å²) in [6.07, 6.45) is 8.67. The van der Waals surface area contributed by atoms with Gasteiger partial charge in [0.2, 0.25) is 11.7 Å². The molecule has 0 aliphatic heterocycles. The molecule has 0 unspecified atom stereocenters. The Kier molecular flexibility index (Phi) is 5.88. The number of aromatic nitrogens is 3. The van der Waals surface area contributed by atoms with Crippen LogP contribution in [0.4, 0.5) is 4.79 Å². The van der Waals surface area contributed by atoms with Crippen LogP contribution in [0.3, 0.4) is 0 Å². The minimum atomic E-state index is -0.375. The smallest absolute Gasteiger partial charge is 0.321 e. The normalized spacial score (nSPS) is 26.6. The van der Waals surface area contributed by atoms with E-state index in [0.29, 0.717) is 23.3 Å². The van der Waals surface area contributed by atoms with E-state index in [0.717, 1.165) is 42.6 Å². The van der Waals surface area contributed by atoms with E-state index in [-0.39, 0.29) is 23.2 Å². The molecular weight excluding hydrogens is 462 g/mol. The minimum absolute atomic E-state index is 0.0688. The highest BCUT2D eigenvalue weighted by Crippen LogP contribution is 2.55. The van der Waals surface area contributed by atoms with Gasteiger partial charge in [0.1, 0.15) is 0 Å². The molecule has 4 aliphatic carbocycles. The average Bonchev–Trinajstić information content (AvgIpc) is 3.47. The number of furan rings is 1. The predicted octanol–water partition coefficient (Wildman–Crippen LogP) is 4.47. The first-order valence-corrected chi connectivity index (χ1v) is 13.3. The van der Waals surface area contributed by atoms with Gasteiger partial charge in [-0.1, -0.05) is 42.1 Å². The third-order valence-electron chi connectivity index (χ3n) is 7.64. The zero-order valence-electron chi connectivity index (χ0n) is 19.5. The number of nitrogens with zero attached hydrogens (tertiary/aromatic N) is 3. The number of thioether (sulfide) groups is 1. The summed E-state index contributed by atoms with van der Waals surface area (Å²) in [5.41, 5.74) is 0.960. The topological polar surface area (TPSA) is 102 Å². The molecule has 9 heteroatoms. The summed E-state index contributed by atoms with van der Waals surface area (Å²) in [4.78, 5) is 25.4. The quantitative estimate of drug-likeness (QED) is 0.473. The minimum Gasteiger partial charge on any atom is -0.461 e. The predicted molar refractivity (Wildman–Crippen MR) is 132 cm³/mol. The van der Waals surface area contributed by atoms with Crippen molar-refractivity contribution in [2.24, 2.45) is 17.8 Å². The molecule has 0 saturated heterocycles. The zero-order chi connectivity index (χ0) is 23.8. The first-order valence-electron chi connectivity index (χ1n) is 12.3. The number of benzene rings is 1. The molecule has 1 aromatic carbocycles. The Labute approximate surface area is 208 Å². The summed E-state index contributed by atoms with van der Waals surface area (Å²) in [7, 11) is 0. The molecule has 2 heterocycles. The number of rotatable bonds is 7. The molecule has 4 aliphatic rings. The van der Waals surface area contributed by atoms with Gasteiger partial charge in [-0.2, -0.15) is 0 Å². The van der Waals surface area contributed by atoms with Crippen LogP contribution >= 0.6 is 11.8 Å². The van der Waals surface area contributed by atoms with E-state index >= 15 is 0 Å². The van der Waals surface area contributed by atoms with Crippen molar-refractivity contribution >= 4 is 23.7 Å². The molecule has 0 radical (unpaired) electrons. The maximum atomic E-state index is 12.7. The molecule has 182 valence electrons. The van der Waals surface area contributed by atoms with E-state index in [2.05, 4.69) is 20.8 Å². The second-order valence-corrected chi connectivity index (χ2v) is 11.3. The van der Waals surface area contributed by atoms with Gasteiger partial charge >= 0.3 is 6.03 Å². The molecule has 0 atom stereocenters. The highest BCUT2D eigenvalue weighted by atomic mass is 32.2. The molecule has 4 saturated carbocycles. The number of nitrogens with one attached hydrogen (secondary N) is 2. The van der Waals surface area contributed by atoms with Crippen molar-refractivity contribution in [2.75, 3.05) is 5.75 Å². The van der Waals surface area contributed by atoms with Gasteiger partial charge in [-0.15, -0.1) is 10.2 Å². The molecule has 7 rings (SSSR count). The average molecular weight is 492 g/mol. The highest BCUT2D eigenvalue weighted by Gasteiger charge is 2.51. The number of urea groups is 1. The van der Waals surface area contributed by atoms with E-state index < -0.39 is 0 Å². The number of carbonyl (C=O) groups is 2. The largest absolute Gasteiger partial charge is 0.461 e. The lowest BCUT2D eigenvalue weighted by Crippen LogP contribution is -2.61. The van der Waals surface area contributed by atoms with Gasteiger partial charge in [-0.05, 0) is 74.0 Å². The molecule has 3 amide bonds. The summed E-state index contributed by atoms with van der Waals surface area (Å²) in [6, 6.07) is 13.3. The Balaban J connectivity index is 1.10. The van der Waals surface area contributed by atoms with Crippen LogP contribution in [0.2, 0.25) is 0 Å². The number of imide groups is 1. The van der Waals surface area contributed by atoms with E-state index in [1.807, 2.05) is 41.0 Å². The van der Waals surface area contributed by atoms with Gasteiger partial charge < -0.3 is 9.73 Å². The van der Waals surface area contributed by atoms with Crippen LogP contribution in [0.25, 0.3) is 11.6 Å². The summed E-state index contributed by atoms with van der Waals surface area (Å²) >= 11 is 1.26. The Morgan fingerprint density at radius 2 is 1.71 bits per heavy atom. The number of amides is 3. The third-order valence-corrected chi connectivity index (χ3v) is 8.61. The van der Waals surface area contributed by atoms with Crippen molar-refractivity contribution in [1.29, 1.82) is 0 Å². The lowest BCUT2D eigenvalue weighted by Gasteiger charge is -2.56. The molecule has 4 bridgehead atoms. The SMILES string of the molecule is O=C(CSc1nnc(-c2ccco2)n1Cc1ccccc1)NC(=O)NC12CC3CC(CC(C3)C1)C2. The van der Waals surface area contributed by atoms with Crippen molar-refractivity contribution < 1.29 is 14.0 Å². The summed E-state index contributed by atoms with van der Waals surface area (Å²) in [6.45, 7) is 0.542. The van der Waals surface area contributed by atoms with Crippen molar-refractivity contribution in [1.82, 2.24) is 25.4 Å². The summed E-state index contributed by atoms with van der Waals surface area (Å²) in [5, 5.41) is 14.9. The fraction of sp³-hybridized carbons (Fsp3) is 0.462. The second-order valence-electron chi connectivity index (χ2n) is 10.3. The first kappa shape index (κ1) is 22.4. The lowest BCUT2D eigenvalue weighted by molar-refractivity contribution is -0.117. The van der Waals surface area contributed by atoms with E-state index in [1.54, 1.807) is 12.3 Å². The fourth-order valence-electron chi connectivity index (χ4n) is 6.72. The molecule has 8 nitrogen and oxygen atoms in total. The van der Waals surface area contributed by atoms with Crippen LogP contribution in [-0.4, -0.2) is 38.0 Å². The molecule has 3 aromatic rings. The van der Waals surface area contributed by atoms with Crippen LogP contribution in [0.1, 0.15) is 44.1 Å². The third kappa shape index (κ3) is 4.74.